The second-order valence-corrected chi connectivity index (χ2v) is 9.58. The van der Waals surface area contributed by atoms with Gasteiger partial charge in [-0.15, -0.1) is 0 Å². The molecule has 2 aromatic carbocycles. The predicted molar refractivity (Wildman–Crippen MR) is 111 cm³/mol. The van der Waals surface area contributed by atoms with Gasteiger partial charge in [-0.2, -0.15) is 17.5 Å². The third-order valence-corrected chi connectivity index (χ3v) is 7.51. The van der Waals surface area contributed by atoms with E-state index in [2.05, 4.69) is 9.55 Å². The van der Waals surface area contributed by atoms with Crippen molar-refractivity contribution in [1.29, 1.82) is 0 Å². The molecule has 9 heteroatoms. The normalized spacial score (nSPS) is 16.5. The quantitative estimate of drug-likeness (QED) is 0.569. The van der Waals surface area contributed by atoms with Gasteiger partial charge in [-0.25, -0.2) is 13.4 Å². The Morgan fingerprint density at radius 1 is 0.968 bits per heavy atom. The van der Waals surface area contributed by atoms with E-state index in [-0.39, 0.29) is 10.8 Å². The van der Waals surface area contributed by atoms with E-state index >= 15 is 0 Å². The summed E-state index contributed by atoms with van der Waals surface area (Å²) in [7, 11) is -3.81. The average Bonchev–Trinajstić information content (AvgIpc) is 3.22. The lowest BCUT2D eigenvalue weighted by Gasteiger charge is -2.31. The summed E-state index contributed by atoms with van der Waals surface area (Å²) in [6, 6.07) is 13.5. The monoisotopic (exact) mass is 449 g/mol. The van der Waals surface area contributed by atoms with Gasteiger partial charge in [-0.1, -0.05) is 30.3 Å². The molecule has 5 nitrogen and oxygen atoms in total. The number of nitrogens with zero attached hydrogens (tertiary/aromatic N) is 3. The predicted octanol–water partition coefficient (Wildman–Crippen LogP) is 4.67. The lowest BCUT2D eigenvalue weighted by Crippen LogP contribution is -2.39. The molecule has 2 heterocycles. The highest BCUT2D eigenvalue weighted by Gasteiger charge is 2.33. The van der Waals surface area contributed by atoms with Crippen molar-refractivity contribution in [2.45, 2.75) is 30.5 Å². The van der Waals surface area contributed by atoms with Gasteiger partial charge in [-0.3, -0.25) is 0 Å². The minimum atomic E-state index is -4.49. The lowest BCUT2D eigenvalue weighted by molar-refractivity contribution is -0.137. The van der Waals surface area contributed by atoms with Crippen LogP contribution in [0.5, 0.6) is 0 Å². The van der Waals surface area contributed by atoms with Gasteiger partial charge in [0.15, 0.2) is 0 Å². The van der Waals surface area contributed by atoms with Crippen molar-refractivity contribution in [1.82, 2.24) is 13.9 Å². The summed E-state index contributed by atoms with van der Waals surface area (Å²) >= 11 is 0. The zero-order valence-electron chi connectivity index (χ0n) is 16.7. The molecule has 0 N–H and O–H groups in total. The molecular formula is C22H22F3N3O2S. The third kappa shape index (κ3) is 4.67. The van der Waals surface area contributed by atoms with Crippen LogP contribution in [0.2, 0.25) is 0 Å². The Balaban J connectivity index is 1.41. The number of alkyl halides is 3. The van der Waals surface area contributed by atoms with Crippen molar-refractivity contribution in [2.24, 2.45) is 5.92 Å². The van der Waals surface area contributed by atoms with Crippen molar-refractivity contribution in [2.75, 3.05) is 13.1 Å². The van der Waals surface area contributed by atoms with Crippen LogP contribution in [0.4, 0.5) is 13.2 Å². The van der Waals surface area contributed by atoms with Crippen LogP contribution in [0.15, 0.2) is 71.9 Å². The molecule has 0 unspecified atom stereocenters. The van der Waals surface area contributed by atoms with Crippen LogP contribution >= 0.6 is 0 Å². The fourth-order valence-corrected chi connectivity index (χ4v) is 5.35. The molecule has 164 valence electrons. The smallest absolute Gasteiger partial charge is 0.331 e. The molecule has 0 aliphatic carbocycles. The molecule has 1 aromatic heterocycles. The van der Waals surface area contributed by atoms with Crippen molar-refractivity contribution in [3.63, 3.8) is 0 Å². The molecule has 1 saturated heterocycles. The number of sulfonamides is 1. The number of rotatable bonds is 5. The van der Waals surface area contributed by atoms with E-state index in [0.717, 1.165) is 42.2 Å². The minimum Gasteiger partial charge on any atom is -0.331 e. The van der Waals surface area contributed by atoms with Gasteiger partial charge in [0.2, 0.25) is 10.0 Å². The van der Waals surface area contributed by atoms with Gasteiger partial charge in [-0.05, 0) is 43.0 Å². The number of benzene rings is 2. The number of hydrogen-bond donors (Lipinski definition) is 0. The fraction of sp³-hybridized carbons (Fsp3) is 0.318. The molecule has 0 radical (unpaired) electrons. The summed E-state index contributed by atoms with van der Waals surface area (Å²) in [6.07, 6.45) is 0.533. The van der Waals surface area contributed by atoms with Crippen molar-refractivity contribution in [3.8, 4) is 11.4 Å². The molecule has 1 fully saturated rings. The van der Waals surface area contributed by atoms with Gasteiger partial charge in [0.1, 0.15) is 5.82 Å². The molecule has 0 atom stereocenters. The Hall–Kier alpha value is -2.65. The van der Waals surface area contributed by atoms with Crippen molar-refractivity contribution in [3.05, 3.63) is 72.6 Å². The summed E-state index contributed by atoms with van der Waals surface area (Å²) in [4.78, 5) is 4.34. The van der Waals surface area contributed by atoms with Gasteiger partial charge in [0.25, 0.3) is 0 Å². The lowest BCUT2D eigenvalue weighted by atomic mass is 9.98. The van der Waals surface area contributed by atoms with Gasteiger partial charge >= 0.3 is 6.18 Å². The van der Waals surface area contributed by atoms with Crippen LogP contribution < -0.4 is 0 Å². The van der Waals surface area contributed by atoms with E-state index < -0.39 is 21.8 Å². The number of halogens is 3. The number of imidazole rings is 1. The molecule has 3 aromatic rings. The minimum absolute atomic E-state index is 0.111. The molecule has 1 aliphatic heterocycles. The fourth-order valence-electron chi connectivity index (χ4n) is 3.88. The third-order valence-electron chi connectivity index (χ3n) is 5.60. The van der Waals surface area contributed by atoms with Crippen molar-refractivity contribution >= 4 is 10.0 Å². The Bertz CT molecular complexity index is 1120. The SMILES string of the molecule is O=S(=O)(c1ccc(C(F)(F)F)cc1)N1CCC(Cn2ccnc2-c2ccccc2)CC1. The van der Waals surface area contributed by atoms with Crippen LogP contribution in [-0.4, -0.2) is 35.4 Å². The highest BCUT2D eigenvalue weighted by molar-refractivity contribution is 7.89. The Labute approximate surface area is 179 Å². The molecule has 4 rings (SSSR count). The maximum Gasteiger partial charge on any atom is 0.416 e. The first-order chi connectivity index (χ1) is 14.7. The number of hydrogen-bond acceptors (Lipinski definition) is 3. The standard InChI is InChI=1S/C22H22F3N3O2S/c23-22(24,25)19-6-8-20(9-7-19)31(29,30)28-13-10-17(11-14-28)16-27-15-12-26-21(27)18-4-2-1-3-5-18/h1-9,12,15,17H,10-11,13-14,16H2. The maximum absolute atomic E-state index is 12.8. The largest absolute Gasteiger partial charge is 0.416 e. The van der Waals surface area contributed by atoms with E-state index in [4.69, 9.17) is 0 Å². The first-order valence-electron chi connectivity index (χ1n) is 9.99. The second kappa shape index (κ2) is 8.47. The first kappa shape index (κ1) is 21.6. The maximum atomic E-state index is 12.8. The Kier molecular flexibility index (Phi) is 5.90. The van der Waals surface area contributed by atoms with Gasteiger partial charge in [0.05, 0.1) is 10.5 Å². The average molecular weight is 449 g/mol. The van der Waals surface area contributed by atoms with E-state index in [1.165, 1.54) is 4.31 Å². The van der Waals surface area contributed by atoms with E-state index in [1.807, 2.05) is 36.5 Å². The van der Waals surface area contributed by atoms with E-state index in [9.17, 15) is 21.6 Å². The second-order valence-electron chi connectivity index (χ2n) is 7.64. The first-order valence-corrected chi connectivity index (χ1v) is 11.4. The molecule has 0 bridgehead atoms. The molecule has 0 saturated carbocycles. The highest BCUT2D eigenvalue weighted by Crippen LogP contribution is 2.31. The topological polar surface area (TPSA) is 55.2 Å². The molecule has 0 amide bonds. The summed E-state index contributed by atoms with van der Waals surface area (Å²) < 4.78 is 67.3. The van der Waals surface area contributed by atoms with Crippen molar-refractivity contribution < 1.29 is 21.6 Å². The Morgan fingerprint density at radius 3 is 2.23 bits per heavy atom. The van der Waals surface area contributed by atoms with E-state index in [1.54, 1.807) is 6.20 Å². The molecule has 31 heavy (non-hydrogen) atoms. The molecular weight excluding hydrogens is 427 g/mol. The van der Waals surface area contributed by atoms with E-state index in [0.29, 0.717) is 25.9 Å². The summed E-state index contributed by atoms with van der Waals surface area (Å²) in [5.74, 6) is 1.16. The van der Waals surface area contributed by atoms with Gasteiger partial charge in [0, 0.05) is 37.6 Å². The number of piperidine rings is 1. The summed E-state index contributed by atoms with van der Waals surface area (Å²) in [5.41, 5.74) is 0.162. The zero-order chi connectivity index (χ0) is 22.1. The molecule has 1 aliphatic rings. The van der Waals surface area contributed by atoms with Crippen LogP contribution in [0.25, 0.3) is 11.4 Å². The zero-order valence-corrected chi connectivity index (χ0v) is 17.5. The van der Waals surface area contributed by atoms with Crippen LogP contribution in [0.3, 0.4) is 0 Å². The van der Waals surface area contributed by atoms with Crippen LogP contribution in [-0.2, 0) is 22.7 Å². The van der Waals surface area contributed by atoms with Crippen LogP contribution in [0.1, 0.15) is 18.4 Å². The summed E-state index contributed by atoms with van der Waals surface area (Å²) in [5, 5.41) is 0. The van der Waals surface area contributed by atoms with Gasteiger partial charge < -0.3 is 4.57 Å². The number of aromatic nitrogens is 2. The van der Waals surface area contributed by atoms with Crippen LogP contribution in [0, 0.1) is 5.92 Å². The molecule has 0 spiro atoms. The highest BCUT2D eigenvalue weighted by atomic mass is 32.2. The summed E-state index contributed by atoms with van der Waals surface area (Å²) in [6.45, 7) is 1.41. The Morgan fingerprint density at radius 2 is 1.61 bits per heavy atom.